The van der Waals surface area contributed by atoms with Gasteiger partial charge in [-0.15, -0.1) is 22.7 Å². The minimum absolute atomic E-state index is 0.835. The minimum Gasteiger partial charge on any atom is -0.135 e. The second-order valence-electron chi connectivity index (χ2n) is 13.5. The highest BCUT2D eigenvalue weighted by atomic mass is 32.1. The Balaban J connectivity index is 1.22. The first-order chi connectivity index (χ1) is 20.5. The Morgan fingerprint density at radius 3 is 1.21 bits per heavy atom. The van der Waals surface area contributed by atoms with Crippen LogP contribution in [0.3, 0.4) is 0 Å². The van der Waals surface area contributed by atoms with E-state index in [1.807, 2.05) is 22.7 Å². The molecule has 0 bridgehead atoms. The smallest absolute Gasteiger partial charge is 0.0434 e. The molecular weight excluding hydrogens is 545 g/mol. The predicted octanol–water partition coefficient (Wildman–Crippen LogP) is 13.9. The lowest BCUT2D eigenvalue weighted by molar-refractivity contribution is 0.520. The number of aryl methyl sites for hydroxylation is 2. The van der Waals surface area contributed by atoms with Crippen LogP contribution in [0, 0.1) is 11.8 Å². The van der Waals surface area contributed by atoms with E-state index in [1.165, 1.54) is 139 Å². The van der Waals surface area contributed by atoms with Gasteiger partial charge in [-0.1, -0.05) is 115 Å². The highest BCUT2D eigenvalue weighted by Crippen LogP contribution is 2.44. The summed E-state index contributed by atoms with van der Waals surface area (Å²) >= 11 is 3.95. The van der Waals surface area contributed by atoms with Crippen LogP contribution in [-0.4, -0.2) is 0 Å². The SMILES string of the molecule is CC(C)CCCCCCc1ccc2sc3c(ccc4c3ccc3c5cc(CCCCCCC(C)C)ccc5sc34)c2c1. The monoisotopic (exact) mass is 592 g/mol. The molecule has 0 amide bonds. The van der Waals surface area contributed by atoms with Crippen molar-refractivity contribution >= 4 is 73.8 Å². The van der Waals surface area contributed by atoms with Gasteiger partial charge in [-0.25, -0.2) is 0 Å². The quantitative estimate of drug-likeness (QED) is 0.110. The van der Waals surface area contributed by atoms with Crippen LogP contribution >= 0.6 is 22.7 Å². The molecule has 0 N–H and O–H groups in total. The molecule has 6 rings (SSSR count). The molecule has 0 aliphatic heterocycles. The summed E-state index contributed by atoms with van der Waals surface area (Å²) in [6, 6.07) is 24.1. The largest absolute Gasteiger partial charge is 0.135 e. The number of rotatable bonds is 14. The van der Waals surface area contributed by atoms with E-state index in [9.17, 15) is 0 Å². The van der Waals surface area contributed by atoms with Crippen LogP contribution in [-0.2, 0) is 12.8 Å². The van der Waals surface area contributed by atoms with Crippen LogP contribution in [0.15, 0.2) is 60.7 Å². The molecule has 0 aliphatic carbocycles. The first-order valence-corrected chi connectivity index (χ1v) is 18.3. The van der Waals surface area contributed by atoms with Crippen molar-refractivity contribution in [3.63, 3.8) is 0 Å². The molecule has 0 nitrogen and oxygen atoms in total. The maximum Gasteiger partial charge on any atom is 0.0434 e. The van der Waals surface area contributed by atoms with E-state index in [0.717, 1.165) is 11.8 Å². The van der Waals surface area contributed by atoms with Crippen molar-refractivity contribution in [3.05, 3.63) is 71.8 Å². The first-order valence-electron chi connectivity index (χ1n) is 16.7. The topological polar surface area (TPSA) is 0 Å². The van der Waals surface area contributed by atoms with E-state index in [-0.39, 0.29) is 0 Å². The molecule has 4 aromatic carbocycles. The Kier molecular flexibility index (Phi) is 9.51. The van der Waals surface area contributed by atoms with Gasteiger partial charge in [0.25, 0.3) is 0 Å². The summed E-state index contributed by atoms with van der Waals surface area (Å²) < 4.78 is 5.74. The molecule has 6 aromatic rings. The minimum atomic E-state index is 0.835. The second-order valence-corrected chi connectivity index (χ2v) is 15.6. The molecule has 42 heavy (non-hydrogen) atoms. The maximum absolute atomic E-state index is 2.48. The average molecular weight is 593 g/mol. The summed E-state index contributed by atoms with van der Waals surface area (Å²) in [5, 5.41) is 8.58. The van der Waals surface area contributed by atoms with Crippen LogP contribution < -0.4 is 0 Å². The molecule has 0 saturated heterocycles. The number of hydrogen-bond donors (Lipinski definition) is 0. The Hall–Kier alpha value is -2.42. The van der Waals surface area contributed by atoms with Gasteiger partial charge in [-0.05, 0) is 72.9 Å². The molecule has 0 spiro atoms. The standard InChI is InChI=1S/C40H48S2/c1-27(2)13-9-5-7-11-15-29-17-23-37-35(25-29)33-21-19-32-31(39(33)41-37)20-22-34-36-26-30(18-24-38(36)42-40(32)34)16-12-8-6-10-14-28(3)4/h17-28H,5-16H2,1-4H3. The van der Waals surface area contributed by atoms with Crippen molar-refractivity contribution in [2.45, 2.75) is 105 Å². The molecule has 0 radical (unpaired) electrons. The van der Waals surface area contributed by atoms with Gasteiger partial charge in [0.05, 0.1) is 0 Å². The Morgan fingerprint density at radius 2 is 0.810 bits per heavy atom. The molecule has 220 valence electrons. The molecular formula is C40H48S2. The summed E-state index contributed by atoms with van der Waals surface area (Å²) in [4.78, 5) is 0. The third-order valence-electron chi connectivity index (χ3n) is 9.19. The zero-order valence-corrected chi connectivity index (χ0v) is 27.9. The fraction of sp³-hybridized carbons (Fsp3) is 0.450. The van der Waals surface area contributed by atoms with Crippen molar-refractivity contribution in [1.29, 1.82) is 0 Å². The molecule has 0 unspecified atom stereocenters. The number of hydrogen-bond acceptors (Lipinski definition) is 2. The van der Waals surface area contributed by atoms with E-state index in [0.29, 0.717) is 0 Å². The third kappa shape index (κ3) is 6.56. The zero-order chi connectivity index (χ0) is 29.1. The van der Waals surface area contributed by atoms with E-state index < -0.39 is 0 Å². The van der Waals surface area contributed by atoms with Gasteiger partial charge in [0.1, 0.15) is 0 Å². The average Bonchev–Trinajstić information content (AvgIpc) is 3.54. The van der Waals surface area contributed by atoms with E-state index in [1.54, 1.807) is 0 Å². The summed E-state index contributed by atoms with van der Waals surface area (Å²) in [6.07, 6.45) is 16.0. The Bertz CT molecular complexity index is 1660. The normalized spacial score (nSPS) is 12.4. The lowest BCUT2D eigenvalue weighted by atomic mass is 9.99. The van der Waals surface area contributed by atoms with Crippen molar-refractivity contribution in [3.8, 4) is 0 Å². The van der Waals surface area contributed by atoms with Gasteiger partial charge in [-0.3, -0.25) is 0 Å². The molecule has 2 heterocycles. The molecule has 0 atom stereocenters. The maximum atomic E-state index is 2.48. The van der Waals surface area contributed by atoms with Crippen LogP contribution in [0.5, 0.6) is 0 Å². The highest BCUT2D eigenvalue weighted by Gasteiger charge is 2.14. The zero-order valence-electron chi connectivity index (χ0n) is 26.2. The van der Waals surface area contributed by atoms with Crippen LogP contribution in [0.4, 0.5) is 0 Å². The predicted molar refractivity (Wildman–Crippen MR) is 193 cm³/mol. The van der Waals surface area contributed by atoms with E-state index in [4.69, 9.17) is 0 Å². The van der Waals surface area contributed by atoms with E-state index in [2.05, 4.69) is 88.4 Å². The summed E-state index contributed by atoms with van der Waals surface area (Å²) in [6.45, 7) is 9.34. The Morgan fingerprint density at radius 1 is 0.429 bits per heavy atom. The van der Waals surface area contributed by atoms with Gasteiger partial charge >= 0.3 is 0 Å². The van der Waals surface area contributed by atoms with E-state index >= 15 is 0 Å². The molecule has 0 saturated carbocycles. The van der Waals surface area contributed by atoms with Crippen molar-refractivity contribution < 1.29 is 0 Å². The van der Waals surface area contributed by atoms with Gasteiger partial charge in [-0.2, -0.15) is 0 Å². The summed E-state index contributed by atoms with van der Waals surface area (Å²) in [5.74, 6) is 1.67. The lowest BCUT2D eigenvalue weighted by Crippen LogP contribution is -1.89. The second kappa shape index (κ2) is 13.5. The summed E-state index contributed by atoms with van der Waals surface area (Å²) in [5.41, 5.74) is 3.00. The van der Waals surface area contributed by atoms with Gasteiger partial charge in [0.15, 0.2) is 0 Å². The highest BCUT2D eigenvalue weighted by molar-refractivity contribution is 7.28. The van der Waals surface area contributed by atoms with Gasteiger partial charge in [0.2, 0.25) is 0 Å². The van der Waals surface area contributed by atoms with Crippen molar-refractivity contribution in [2.24, 2.45) is 11.8 Å². The number of thiophene rings is 2. The Labute approximate surface area is 261 Å². The van der Waals surface area contributed by atoms with Crippen LogP contribution in [0.1, 0.15) is 103 Å². The molecule has 0 aliphatic rings. The van der Waals surface area contributed by atoms with Crippen molar-refractivity contribution in [1.82, 2.24) is 0 Å². The number of unbranched alkanes of at least 4 members (excludes halogenated alkanes) is 6. The summed E-state index contributed by atoms with van der Waals surface area (Å²) in [7, 11) is 0. The van der Waals surface area contributed by atoms with Gasteiger partial charge < -0.3 is 0 Å². The molecule has 2 heteroatoms. The molecule has 0 fully saturated rings. The fourth-order valence-corrected chi connectivity index (χ4v) is 9.17. The van der Waals surface area contributed by atoms with Crippen LogP contribution in [0.2, 0.25) is 0 Å². The lowest BCUT2D eigenvalue weighted by Gasteiger charge is -2.05. The van der Waals surface area contributed by atoms with Crippen LogP contribution in [0.25, 0.3) is 51.1 Å². The van der Waals surface area contributed by atoms with Crippen molar-refractivity contribution in [2.75, 3.05) is 0 Å². The third-order valence-corrected chi connectivity index (χ3v) is 11.6. The molecule has 2 aromatic heterocycles. The van der Waals surface area contributed by atoms with Gasteiger partial charge in [0, 0.05) is 51.1 Å². The number of fused-ring (bicyclic) bond motifs is 9. The fourth-order valence-electron chi connectivity index (χ4n) is 6.75. The number of benzene rings is 4. The first kappa shape index (κ1) is 29.6.